The molecule has 26 heavy (non-hydrogen) atoms. The molecular formula is C16H13F3N2O4S. The number of carbonyl (C=O) groups is 1. The fourth-order valence-electron chi connectivity index (χ4n) is 2.82. The fraction of sp³-hybridized carbons (Fsp3) is 0.188. The molecule has 2 aromatic rings. The Bertz CT molecular complexity index is 960. The third-order valence-corrected chi connectivity index (χ3v) is 5.67. The fourth-order valence-corrected chi connectivity index (χ4v) is 4.51. The normalized spacial score (nSPS) is 17.0. The number of nitrogens with zero attached hydrogens (tertiary/aromatic N) is 1. The van der Waals surface area contributed by atoms with Crippen LogP contribution in [0.5, 0.6) is 5.75 Å². The Morgan fingerprint density at radius 2 is 1.85 bits per heavy atom. The van der Waals surface area contributed by atoms with Crippen molar-refractivity contribution >= 4 is 21.6 Å². The molecule has 2 aromatic carbocycles. The summed E-state index contributed by atoms with van der Waals surface area (Å²) in [5.74, 6) is -1.53. The number of hydrogen-bond donors (Lipinski definition) is 1. The van der Waals surface area contributed by atoms with Gasteiger partial charge < -0.3 is 10.5 Å². The van der Waals surface area contributed by atoms with E-state index in [2.05, 4.69) is 4.74 Å². The van der Waals surface area contributed by atoms with Gasteiger partial charge in [-0.25, -0.2) is 8.42 Å². The van der Waals surface area contributed by atoms with E-state index in [4.69, 9.17) is 5.73 Å². The van der Waals surface area contributed by atoms with Crippen LogP contribution in [0.2, 0.25) is 0 Å². The molecule has 0 bridgehead atoms. The van der Waals surface area contributed by atoms with Crippen LogP contribution in [0.3, 0.4) is 0 Å². The molecule has 0 spiro atoms. The summed E-state index contributed by atoms with van der Waals surface area (Å²) >= 11 is 0. The lowest BCUT2D eigenvalue weighted by Gasteiger charge is -2.25. The van der Waals surface area contributed by atoms with Gasteiger partial charge in [-0.05, 0) is 23.8 Å². The Morgan fingerprint density at radius 3 is 2.50 bits per heavy atom. The Labute approximate surface area is 147 Å². The van der Waals surface area contributed by atoms with Crippen molar-refractivity contribution in [2.45, 2.75) is 23.7 Å². The number of nitrogens with two attached hydrogens (primary N) is 1. The van der Waals surface area contributed by atoms with E-state index in [1.165, 1.54) is 6.07 Å². The van der Waals surface area contributed by atoms with Gasteiger partial charge in [0, 0.05) is 12.5 Å². The van der Waals surface area contributed by atoms with Crippen molar-refractivity contribution in [3.8, 4) is 5.75 Å². The highest BCUT2D eigenvalue weighted by molar-refractivity contribution is 7.93. The molecule has 10 heteroatoms. The lowest BCUT2D eigenvalue weighted by Crippen LogP contribution is -2.45. The van der Waals surface area contributed by atoms with E-state index in [9.17, 15) is 26.4 Å². The number of sulfonamides is 1. The number of hydrogen-bond acceptors (Lipinski definition) is 4. The zero-order chi connectivity index (χ0) is 19.1. The van der Waals surface area contributed by atoms with Crippen molar-refractivity contribution < 1.29 is 31.1 Å². The maximum absolute atomic E-state index is 13.0. The first-order chi connectivity index (χ1) is 12.1. The summed E-state index contributed by atoms with van der Waals surface area (Å²) < 4.78 is 67.8. The van der Waals surface area contributed by atoms with Crippen LogP contribution in [0.25, 0.3) is 0 Å². The van der Waals surface area contributed by atoms with Crippen LogP contribution in [0.4, 0.5) is 18.9 Å². The van der Waals surface area contributed by atoms with Gasteiger partial charge in [0.25, 0.3) is 10.0 Å². The zero-order valence-corrected chi connectivity index (χ0v) is 13.9. The topological polar surface area (TPSA) is 89.7 Å². The SMILES string of the molecule is NC(=O)[C@@H]1Cc2ccccc2N1S(=O)(=O)c1cccc(OC(F)(F)F)c1. The van der Waals surface area contributed by atoms with Crippen LogP contribution in [-0.2, 0) is 21.2 Å². The lowest BCUT2D eigenvalue weighted by molar-refractivity contribution is -0.274. The molecule has 1 heterocycles. The van der Waals surface area contributed by atoms with Crippen molar-refractivity contribution in [2.75, 3.05) is 4.31 Å². The Morgan fingerprint density at radius 1 is 1.15 bits per heavy atom. The van der Waals surface area contributed by atoms with E-state index in [1.807, 2.05) is 0 Å². The Balaban J connectivity index is 2.07. The maximum Gasteiger partial charge on any atom is 0.573 e. The van der Waals surface area contributed by atoms with Gasteiger partial charge in [0.1, 0.15) is 11.8 Å². The molecule has 1 aliphatic rings. The molecule has 0 radical (unpaired) electrons. The van der Waals surface area contributed by atoms with Gasteiger partial charge in [0.2, 0.25) is 5.91 Å². The molecule has 6 nitrogen and oxygen atoms in total. The number of primary amides is 1. The minimum Gasteiger partial charge on any atom is -0.406 e. The zero-order valence-electron chi connectivity index (χ0n) is 13.1. The monoisotopic (exact) mass is 386 g/mol. The molecule has 1 amide bonds. The molecule has 0 saturated heterocycles. The third-order valence-electron chi connectivity index (χ3n) is 3.85. The van der Waals surface area contributed by atoms with Crippen molar-refractivity contribution in [2.24, 2.45) is 5.73 Å². The van der Waals surface area contributed by atoms with Crippen LogP contribution >= 0.6 is 0 Å². The summed E-state index contributed by atoms with van der Waals surface area (Å²) in [5, 5.41) is 0. The highest BCUT2D eigenvalue weighted by atomic mass is 32.2. The molecule has 3 rings (SSSR count). The van der Waals surface area contributed by atoms with Crippen LogP contribution in [0.1, 0.15) is 5.56 Å². The number of carbonyl (C=O) groups excluding carboxylic acids is 1. The number of halogens is 3. The molecule has 0 unspecified atom stereocenters. The average Bonchev–Trinajstić information content (AvgIpc) is 2.94. The number of alkyl halides is 3. The van der Waals surface area contributed by atoms with Gasteiger partial charge in [0.15, 0.2) is 0 Å². The molecule has 1 atom stereocenters. The van der Waals surface area contributed by atoms with E-state index >= 15 is 0 Å². The van der Waals surface area contributed by atoms with Gasteiger partial charge >= 0.3 is 6.36 Å². The number of ether oxygens (including phenoxy) is 1. The maximum atomic E-state index is 13.0. The second-order valence-corrected chi connectivity index (χ2v) is 7.39. The predicted octanol–water partition coefficient (Wildman–Crippen LogP) is 2.19. The van der Waals surface area contributed by atoms with Crippen LogP contribution in [-0.4, -0.2) is 26.7 Å². The first-order valence-electron chi connectivity index (χ1n) is 7.37. The molecule has 0 saturated carbocycles. The van der Waals surface area contributed by atoms with E-state index in [0.29, 0.717) is 5.56 Å². The van der Waals surface area contributed by atoms with Crippen LogP contribution < -0.4 is 14.8 Å². The summed E-state index contributed by atoms with van der Waals surface area (Å²) in [4.78, 5) is 11.3. The van der Waals surface area contributed by atoms with E-state index in [1.54, 1.807) is 18.2 Å². The summed E-state index contributed by atoms with van der Waals surface area (Å²) in [6, 6.07) is 9.25. The molecule has 1 aliphatic heterocycles. The van der Waals surface area contributed by atoms with Gasteiger partial charge in [-0.2, -0.15) is 0 Å². The summed E-state index contributed by atoms with van der Waals surface area (Å²) in [6.45, 7) is 0. The highest BCUT2D eigenvalue weighted by Gasteiger charge is 2.41. The molecular weight excluding hydrogens is 373 g/mol. The van der Waals surface area contributed by atoms with Gasteiger partial charge in [-0.1, -0.05) is 24.3 Å². The number of amides is 1. The van der Waals surface area contributed by atoms with Crippen molar-refractivity contribution in [1.82, 2.24) is 0 Å². The number of anilines is 1. The van der Waals surface area contributed by atoms with E-state index in [-0.39, 0.29) is 12.1 Å². The van der Waals surface area contributed by atoms with E-state index in [0.717, 1.165) is 28.6 Å². The lowest BCUT2D eigenvalue weighted by atomic mass is 10.1. The molecule has 0 fully saturated rings. The minimum atomic E-state index is -4.96. The minimum absolute atomic E-state index is 0.0868. The standard InChI is InChI=1S/C16H13F3N2O4S/c17-16(18,19)25-11-5-3-6-12(9-11)26(23,24)21-13-7-2-1-4-10(13)8-14(21)15(20)22/h1-7,9,14H,8H2,(H2,20,22)/t14-/m0/s1. The van der Waals surface area contributed by atoms with E-state index < -0.39 is 39.0 Å². The van der Waals surface area contributed by atoms with Crippen LogP contribution in [0, 0.1) is 0 Å². The molecule has 138 valence electrons. The first kappa shape index (κ1) is 18.1. The largest absolute Gasteiger partial charge is 0.573 e. The van der Waals surface area contributed by atoms with Crippen LogP contribution in [0.15, 0.2) is 53.4 Å². The number of benzene rings is 2. The summed E-state index contributed by atoms with van der Waals surface area (Å²) in [5.41, 5.74) is 6.20. The average molecular weight is 386 g/mol. The molecule has 0 aliphatic carbocycles. The van der Waals surface area contributed by atoms with Crippen molar-refractivity contribution in [1.29, 1.82) is 0 Å². The highest BCUT2D eigenvalue weighted by Crippen LogP contribution is 2.37. The predicted molar refractivity (Wildman–Crippen MR) is 85.9 cm³/mol. The van der Waals surface area contributed by atoms with Gasteiger partial charge in [-0.15, -0.1) is 13.2 Å². The number of fused-ring (bicyclic) bond motifs is 1. The number of rotatable bonds is 4. The molecule has 2 N–H and O–H groups in total. The van der Waals surface area contributed by atoms with Crippen molar-refractivity contribution in [3.05, 3.63) is 54.1 Å². The van der Waals surface area contributed by atoms with Crippen molar-refractivity contribution in [3.63, 3.8) is 0 Å². The quantitative estimate of drug-likeness (QED) is 0.872. The smallest absolute Gasteiger partial charge is 0.406 e. The second-order valence-electron chi connectivity index (χ2n) is 5.57. The van der Waals surface area contributed by atoms with Gasteiger partial charge in [0.05, 0.1) is 10.6 Å². The Kier molecular flexibility index (Phi) is 4.31. The first-order valence-corrected chi connectivity index (χ1v) is 8.81. The second kappa shape index (κ2) is 6.20. The van der Waals surface area contributed by atoms with Gasteiger partial charge in [-0.3, -0.25) is 9.10 Å². The molecule has 0 aromatic heterocycles. The Hall–Kier alpha value is -2.75. The number of para-hydroxylation sites is 1. The summed E-state index contributed by atoms with van der Waals surface area (Å²) in [7, 11) is -4.34. The summed E-state index contributed by atoms with van der Waals surface area (Å²) in [6.07, 6.45) is -4.87. The third kappa shape index (κ3) is 3.32.